The molecule has 0 radical (unpaired) electrons. The van der Waals surface area contributed by atoms with Crippen LogP contribution in [0, 0.1) is 0 Å². The fourth-order valence-electron chi connectivity index (χ4n) is 3.78. The number of nitrogens with one attached hydrogen (secondary N) is 2. The number of hydrogen-bond acceptors (Lipinski definition) is 4. The van der Waals surface area contributed by atoms with E-state index >= 15 is 0 Å². The molecule has 2 aliphatic rings. The van der Waals surface area contributed by atoms with E-state index in [1.807, 2.05) is 18.2 Å². The van der Waals surface area contributed by atoms with Crippen LogP contribution < -0.4 is 14.9 Å². The number of anilines is 1. The molecule has 0 aromatic heterocycles. The Balaban J connectivity index is 1.46. The first-order valence-electron chi connectivity index (χ1n) is 9.26. The number of carbonyl (C=O) groups excluding carboxylic acids is 1. The zero-order valence-electron chi connectivity index (χ0n) is 15.0. The molecule has 6 nitrogen and oxygen atoms in total. The lowest BCUT2D eigenvalue weighted by molar-refractivity contribution is -0.117. The van der Waals surface area contributed by atoms with Gasteiger partial charge in [-0.05, 0) is 54.8 Å². The molecule has 2 aromatic carbocycles. The van der Waals surface area contributed by atoms with Gasteiger partial charge in [-0.25, -0.2) is 13.1 Å². The van der Waals surface area contributed by atoms with Crippen LogP contribution in [0.15, 0.2) is 53.4 Å². The quantitative estimate of drug-likeness (QED) is 0.825. The van der Waals surface area contributed by atoms with Gasteiger partial charge in [0.25, 0.3) is 0 Å². The van der Waals surface area contributed by atoms with Crippen molar-refractivity contribution in [2.45, 2.75) is 30.2 Å². The lowest BCUT2D eigenvalue weighted by atomic mass is 9.95. The molecule has 27 heavy (non-hydrogen) atoms. The maximum atomic E-state index is 12.7. The van der Waals surface area contributed by atoms with Crippen molar-refractivity contribution in [3.8, 4) is 0 Å². The molecule has 1 atom stereocenters. The first kappa shape index (κ1) is 18.2. The summed E-state index contributed by atoms with van der Waals surface area (Å²) in [5, 5.41) is 3.38. The van der Waals surface area contributed by atoms with Crippen molar-refractivity contribution in [2.24, 2.45) is 0 Å². The summed E-state index contributed by atoms with van der Waals surface area (Å²) < 4.78 is 28.0. The monoisotopic (exact) mass is 385 g/mol. The van der Waals surface area contributed by atoms with Gasteiger partial charge in [0.15, 0.2) is 0 Å². The molecular weight excluding hydrogens is 362 g/mol. The highest BCUT2D eigenvalue weighted by molar-refractivity contribution is 7.89. The summed E-state index contributed by atoms with van der Waals surface area (Å²) in [6, 6.07) is 14.6. The number of hydrogen-bond donors (Lipinski definition) is 2. The molecule has 1 unspecified atom stereocenters. The lowest BCUT2D eigenvalue weighted by Gasteiger charge is -2.27. The molecule has 1 fully saturated rings. The van der Waals surface area contributed by atoms with Gasteiger partial charge < -0.3 is 10.2 Å². The van der Waals surface area contributed by atoms with Gasteiger partial charge in [-0.2, -0.15) is 0 Å². The van der Waals surface area contributed by atoms with Crippen LogP contribution in [0.25, 0.3) is 0 Å². The van der Waals surface area contributed by atoms with Crippen molar-refractivity contribution in [1.29, 1.82) is 0 Å². The van der Waals surface area contributed by atoms with E-state index in [2.05, 4.69) is 16.1 Å². The van der Waals surface area contributed by atoms with Gasteiger partial charge in [0.05, 0.1) is 4.90 Å². The third-order valence-corrected chi connectivity index (χ3v) is 6.66. The molecule has 7 heteroatoms. The van der Waals surface area contributed by atoms with Gasteiger partial charge in [-0.1, -0.05) is 24.3 Å². The summed E-state index contributed by atoms with van der Waals surface area (Å²) in [7, 11) is -3.61. The summed E-state index contributed by atoms with van der Waals surface area (Å²) in [6.07, 6.45) is 2.35. The third-order valence-electron chi connectivity index (χ3n) is 5.23. The Hall–Kier alpha value is -2.22. The maximum Gasteiger partial charge on any atom is 0.240 e. The van der Waals surface area contributed by atoms with E-state index in [-0.39, 0.29) is 16.8 Å². The van der Waals surface area contributed by atoms with Gasteiger partial charge in [-0.15, -0.1) is 0 Å². The number of nitrogens with zero attached hydrogens (tertiary/aromatic N) is 1. The Bertz CT molecular complexity index is 941. The highest BCUT2D eigenvalue weighted by atomic mass is 32.2. The summed E-state index contributed by atoms with van der Waals surface area (Å²) in [4.78, 5) is 13.7. The van der Waals surface area contributed by atoms with Crippen LogP contribution in [0.4, 0.5) is 5.69 Å². The minimum absolute atomic E-state index is 0.0359. The van der Waals surface area contributed by atoms with Crippen molar-refractivity contribution in [2.75, 3.05) is 24.5 Å². The molecule has 1 amide bonds. The second kappa shape index (κ2) is 7.42. The molecule has 2 aromatic rings. The second-order valence-electron chi connectivity index (χ2n) is 6.95. The van der Waals surface area contributed by atoms with Gasteiger partial charge in [0.1, 0.15) is 0 Å². The van der Waals surface area contributed by atoms with Crippen LogP contribution in [0.5, 0.6) is 0 Å². The zero-order valence-corrected chi connectivity index (χ0v) is 15.8. The molecule has 2 heterocycles. The number of rotatable bonds is 5. The van der Waals surface area contributed by atoms with Crippen LogP contribution in [0.1, 0.15) is 30.0 Å². The Morgan fingerprint density at radius 1 is 1.07 bits per heavy atom. The van der Waals surface area contributed by atoms with Crippen LogP contribution in [0.2, 0.25) is 0 Å². The van der Waals surface area contributed by atoms with Crippen LogP contribution in [-0.2, 0) is 21.2 Å². The summed E-state index contributed by atoms with van der Waals surface area (Å²) in [5.74, 6) is 0.0887. The molecule has 142 valence electrons. The lowest BCUT2D eigenvalue weighted by Crippen LogP contribution is -2.38. The fraction of sp³-hybridized carbons (Fsp3) is 0.350. The molecule has 0 spiro atoms. The maximum absolute atomic E-state index is 12.7. The minimum atomic E-state index is -3.61. The Labute approximate surface area is 159 Å². The molecule has 2 N–H and O–H groups in total. The highest BCUT2D eigenvalue weighted by Crippen LogP contribution is 2.24. The van der Waals surface area contributed by atoms with Crippen molar-refractivity contribution in [1.82, 2.24) is 10.0 Å². The summed E-state index contributed by atoms with van der Waals surface area (Å²) >= 11 is 0. The molecular formula is C20H23N3O3S. The van der Waals surface area contributed by atoms with E-state index < -0.39 is 10.0 Å². The molecule has 1 saturated heterocycles. The predicted octanol–water partition coefficient (Wildman–Crippen LogP) is 1.98. The summed E-state index contributed by atoms with van der Waals surface area (Å²) in [5.41, 5.74) is 3.16. The Kier molecular flexibility index (Phi) is 4.99. The van der Waals surface area contributed by atoms with Gasteiger partial charge in [-0.3, -0.25) is 4.79 Å². The van der Waals surface area contributed by atoms with E-state index in [0.717, 1.165) is 30.6 Å². The van der Waals surface area contributed by atoms with Crippen LogP contribution >= 0.6 is 0 Å². The van der Waals surface area contributed by atoms with Crippen molar-refractivity contribution in [3.05, 3.63) is 59.7 Å². The number of amides is 1. The average Bonchev–Trinajstić information content (AvgIpc) is 3.12. The van der Waals surface area contributed by atoms with Gasteiger partial charge in [0.2, 0.25) is 15.9 Å². The SMILES string of the molecule is O=C1CCCN1c1ccc(S(=O)(=O)NCC2NCCc3ccccc32)cc1. The number of carbonyl (C=O) groups is 1. The zero-order chi connectivity index (χ0) is 18.9. The van der Waals surface area contributed by atoms with Crippen LogP contribution in [0.3, 0.4) is 0 Å². The predicted molar refractivity (Wildman–Crippen MR) is 104 cm³/mol. The molecule has 2 aliphatic heterocycles. The van der Waals surface area contributed by atoms with E-state index in [0.29, 0.717) is 19.5 Å². The Morgan fingerprint density at radius 2 is 1.85 bits per heavy atom. The molecule has 0 bridgehead atoms. The molecule has 4 rings (SSSR count). The number of benzene rings is 2. The smallest absolute Gasteiger partial charge is 0.240 e. The largest absolute Gasteiger partial charge is 0.312 e. The van der Waals surface area contributed by atoms with Gasteiger partial charge >= 0.3 is 0 Å². The van der Waals surface area contributed by atoms with E-state index in [4.69, 9.17) is 0 Å². The standard InChI is InChI=1S/C20H23N3O3S/c24-20-6-3-13-23(20)16-7-9-17(10-8-16)27(25,26)22-14-19-18-5-2-1-4-15(18)11-12-21-19/h1-2,4-5,7-10,19,21-22H,3,6,11-14H2. The molecule has 0 saturated carbocycles. The van der Waals surface area contributed by atoms with Crippen molar-refractivity contribution in [3.63, 3.8) is 0 Å². The first-order chi connectivity index (χ1) is 13.0. The van der Waals surface area contributed by atoms with Crippen molar-refractivity contribution < 1.29 is 13.2 Å². The van der Waals surface area contributed by atoms with Crippen LogP contribution in [-0.4, -0.2) is 34.0 Å². The second-order valence-corrected chi connectivity index (χ2v) is 8.72. The summed E-state index contributed by atoms with van der Waals surface area (Å²) in [6.45, 7) is 1.82. The topological polar surface area (TPSA) is 78.5 Å². The van der Waals surface area contributed by atoms with E-state index in [1.54, 1.807) is 29.2 Å². The molecule has 0 aliphatic carbocycles. The first-order valence-corrected chi connectivity index (χ1v) is 10.7. The Morgan fingerprint density at radius 3 is 2.59 bits per heavy atom. The number of fused-ring (bicyclic) bond motifs is 1. The minimum Gasteiger partial charge on any atom is -0.312 e. The highest BCUT2D eigenvalue weighted by Gasteiger charge is 2.24. The fourth-order valence-corrected chi connectivity index (χ4v) is 4.82. The average molecular weight is 385 g/mol. The normalized spacial score (nSPS) is 19.9. The van der Waals surface area contributed by atoms with E-state index in [9.17, 15) is 13.2 Å². The van der Waals surface area contributed by atoms with E-state index in [1.165, 1.54) is 5.56 Å². The third kappa shape index (κ3) is 3.76. The number of sulfonamides is 1. The van der Waals surface area contributed by atoms with Gasteiger partial charge in [0, 0.05) is 31.2 Å². The van der Waals surface area contributed by atoms with Crippen molar-refractivity contribution >= 4 is 21.6 Å².